The second kappa shape index (κ2) is 9.30. The molecule has 3 atom stereocenters. The highest BCUT2D eigenvalue weighted by atomic mass is 79.9. The Labute approximate surface area is 176 Å². The molecule has 3 rings (SSSR count). The van der Waals surface area contributed by atoms with E-state index in [2.05, 4.69) is 15.9 Å². The highest BCUT2D eigenvalue weighted by molar-refractivity contribution is 9.10. The van der Waals surface area contributed by atoms with Crippen LogP contribution in [0.25, 0.3) is 0 Å². The molecule has 1 aliphatic carbocycles. The molecular formula is C22H22BrF3O3. The highest BCUT2D eigenvalue weighted by Crippen LogP contribution is 2.44. The van der Waals surface area contributed by atoms with E-state index in [1.54, 1.807) is 0 Å². The van der Waals surface area contributed by atoms with Crippen LogP contribution in [0.5, 0.6) is 0 Å². The van der Waals surface area contributed by atoms with Gasteiger partial charge in [-0.3, -0.25) is 4.79 Å². The first-order valence-corrected chi connectivity index (χ1v) is 10.3. The average molecular weight is 471 g/mol. The molecule has 1 aliphatic rings. The molecule has 0 spiro atoms. The molecule has 0 radical (unpaired) electrons. The predicted molar refractivity (Wildman–Crippen MR) is 106 cm³/mol. The van der Waals surface area contributed by atoms with Crippen LogP contribution in [0.2, 0.25) is 0 Å². The van der Waals surface area contributed by atoms with Gasteiger partial charge in [-0.1, -0.05) is 58.7 Å². The van der Waals surface area contributed by atoms with E-state index in [4.69, 9.17) is 4.74 Å². The number of alkyl halides is 3. The topological polar surface area (TPSA) is 46.5 Å². The second-order valence-electron chi connectivity index (χ2n) is 7.34. The number of hydrogen-bond acceptors (Lipinski definition) is 3. The van der Waals surface area contributed by atoms with Gasteiger partial charge in [-0.15, -0.1) is 0 Å². The summed E-state index contributed by atoms with van der Waals surface area (Å²) in [6.45, 7) is -0.0405. The number of ether oxygens (including phenoxy) is 1. The van der Waals surface area contributed by atoms with Crippen LogP contribution in [0.4, 0.5) is 13.2 Å². The van der Waals surface area contributed by atoms with Gasteiger partial charge in [0.1, 0.15) is 6.61 Å². The van der Waals surface area contributed by atoms with Crippen molar-refractivity contribution in [2.24, 2.45) is 11.8 Å². The number of carbonyl (C=O) groups is 1. The molecule has 1 saturated carbocycles. The van der Waals surface area contributed by atoms with Gasteiger partial charge in [0.2, 0.25) is 0 Å². The summed E-state index contributed by atoms with van der Waals surface area (Å²) in [5.74, 6) is -1.60. The molecule has 3 nitrogen and oxygen atoms in total. The molecule has 1 N–H and O–H groups in total. The monoisotopic (exact) mass is 470 g/mol. The van der Waals surface area contributed by atoms with Crippen LogP contribution in [0.15, 0.2) is 53.0 Å². The number of carbonyl (C=O) groups excluding carboxylic acids is 1. The van der Waals surface area contributed by atoms with Gasteiger partial charge in [0, 0.05) is 11.1 Å². The van der Waals surface area contributed by atoms with Crippen molar-refractivity contribution in [3.05, 3.63) is 69.7 Å². The molecule has 156 valence electrons. The minimum atomic E-state index is -4.45. The summed E-state index contributed by atoms with van der Waals surface area (Å²) in [5, 5.41) is 9.80. The molecule has 0 amide bonds. The quantitative estimate of drug-likeness (QED) is 0.569. The maximum absolute atomic E-state index is 13.1. The lowest BCUT2D eigenvalue weighted by Gasteiger charge is -2.36. The fourth-order valence-electron chi connectivity index (χ4n) is 4.04. The van der Waals surface area contributed by atoms with E-state index >= 15 is 0 Å². The average Bonchev–Trinajstić information content (AvgIpc) is 2.71. The van der Waals surface area contributed by atoms with Gasteiger partial charge in [-0.05, 0) is 47.9 Å². The van der Waals surface area contributed by atoms with E-state index in [0.29, 0.717) is 18.4 Å². The van der Waals surface area contributed by atoms with E-state index in [1.807, 2.05) is 30.3 Å². The van der Waals surface area contributed by atoms with Crippen LogP contribution in [-0.2, 0) is 22.3 Å². The number of aliphatic hydroxyl groups excluding tert-OH is 1. The Morgan fingerprint density at radius 2 is 1.86 bits per heavy atom. The Hall–Kier alpha value is -1.86. The predicted octanol–water partition coefficient (Wildman–Crippen LogP) is 5.70. The van der Waals surface area contributed by atoms with Crippen molar-refractivity contribution in [1.29, 1.82) is 0 Å². The zero-order valence-corrected chi connectivity index (χ0v) is 17.2. The first kappa shape index (κ1) is 21.8. The van der Waals surface area contributed by atoms with Crippen molar-refractivity contribution in [3.8, 4) is 0 Å². The summed E-state index contributed by atoms with van der Waals surface area (Å²) in [7, 11) is 0. The van der Waals surface area contributed by atoms with Crippen LogP contribution in [-0.4, -0.2) is 17.7 Å². The normalized spacial score (nSPS) is 22.3. The van der Waals surface area contributed by atoms with Gasteiger partial charge < -0.3 is 9.84 Å². The lowest BCUT2D eigenvalue weighted by atomic mass is 9.69. The zero-order valence-electron chi connectivity index (χ0n) is 15.7. The minimum Gasteiger partial charge on any atom is -0.461 e. The molecule has 0 bridgehead atoms. The third kappa shape index (κ3) is 5.20. The third-order valence-electron chi connectivity index (χ3n) is 5.49. The van der Waals surface area contributed by atoms with Crippen LogP contribution >= 0.6 is 15.9 Å². The minimum absolute atomic E-state index is 0.0509. The smallest absolute Gasteiger partial charge is 0.417 e. The van der Waals surface area contributed by atoms with Gasteiger partial charge in [-0.2, -0.15) is 13.2 Å². The summed E-state index contributed by atoms with van der Waals surface area (Å²) in [5.41, 5.74) is 0.745. The number of hydrogen-bond donors (Lipinski definition) is 1. The molecule has 0 unspecified atom stereocenters. The fraction of sp³-hybridized carbons (Fsp3) is 0.409. The first-order valence-electron chi connectivity index (χ1n) is 9.49. The highest BCUT2D eigenvalue weighted by Gasteiger charge is 2.41. The molecule has 0 aliphatic heterocycles. The first-order chi connectivity index (χ1) is 13.8. The Morgan fingerprint density at radius 3 is 2.48 bits per heavy atom. The Bertz CT molecular complexity index is 839. The molecule has 2 aromatic carbocycles. The molecule has 0 aromatic heterocycles. The maximum atomic E-state index is 13.1. The number of benzene rings is 2. The van der Waals surface area contributed by atoms with E-state index in [0.717, 1.165) is 18.1 Å². The van der Waals surface area contributed by atoms with Crippen LogP contribution in [0.3, 0.4) is 0 Å². The van der Waals surface area contributed by atoms with E-state index < -0.39 is 23.6 Å². The van der Waals surface area contributed by atoms with Gasteiger partial charge in [0.25, 0.3) is 0 Å². The largest absolute Gasteiger partial charge is 0.461 e. The molecule has 0 saturated heterocycles. The standard InChI is InChI=1S/C22H22BrF3O3/c23-19-11-15(9-10-18(19)22(24,25)26)17-8-4-7-16(12-27)20(17)21(28)29-13-14-5-2-1-3-6-14/h1-3,5-6,9-11,16-17,20,27H,4,7-8,12-13H2/t16-,17+,20-/m0/s1. The van der Waals surface area contributed by atoms with E-state index in [9.17, 15) is 23.1 Å². The summed E-state index contributed by atoms with van der Waals surface area (Å²) in [6.07, 6.45) is -2.33. The van der Waals surface area contributed by atoms with Crippen molar-refractivity contribution in [3.63, 3.8) is 0 Å². The molecule has 0 heterocycles. The molecule has 7 heteroatoms. The lowest BCUT2D eigenvalue weighted by molar-refractivity contribution is -0.155. The van der Waals surface area contributed by atoms with Crippen LogP contribution in [0.1, 0.15) is 41.9 Å². The zero-order chi connectivity index (χ0) is 21.0. The summed E-state index contributed by atoms with van der Waals surface area (Å²) >= 11 is 3.01. The van der Waals surface area contributed by atoms with Crippen molar-refractivity contribution in [2.75, 3.05) is 6.61 Å². The molecular weight excluding hydrogens is 449 g/mol. The van der Waals surface area contributed by atoms with Gasteiger partial charge >= 0.3 is 12.1 Å². The summed E-state index contributed by atoms with van der Waals surface area (Å²) < 4.78 is 44.7. The van der Waals surface area contributed by atoms with Crippen molar-refractivity contribution in [1.82, 2.24) is 0 Å². The summed E-state index contributed by atoms with van der Waals surface area (Å²) in [6, 6.07) is 13.2. The Morgan fingerprint density at radius 1 is 1.14 bits per heavy atom. The molecule has 29 heavy (non-hydrogen) atoms. The number of halogens is 4. The summed E-state index contributed by atoms with van der Waals surface area (Å²) in [4.78, 5) is 12.9. The SMILES string of the molecule is O=C(OCc1ccccc1)[C@H]1[C@H](CO)CCC[C@@H]1c1ccc(C(F)(F)F)c(Br)c1. The number of esters is 1. The maximum Gasteiger partial charge on any atom is 0.417 e. The lowest BCUT2D eigenvalue weighted by Crippen LogP contribution is -2.36. The van der Waals surface area contributed by atoms with Crippen LogP contribution < -0.4 is 0 Å². The van der Waals surface area contributed by atoms with Gasteiger partial charge in [0.15, 0.2) is 0 Å². The van der Waals surface area contributed by atoms with Crippen molar-refractivity contribution < 1.29 is 27.8 Å². The van der Waals surface area contributed by atoms with E-state index in [-0.39, 0.29) is 29.5 Å². The van der Waals surface area contributed by atoms with Crippen molar-refractivity contribution >= 4 is 21.9 Å². The Kier molecular flexibility index (Phi) is 7.01. The molecule has 1 fully saturated rings. The van der Waals surface area contributed by atoms with Crippen LogP contribution in [0, 0.1) is 11.8 Å². The van der Waals surface area contributed by atoms with Crippen molar-refractivity contribution in [2.45, 2.75) is 38.0 Å². The fourth-order valence-corrected chi connectivity index (χ4v) is 4.66. The Balaban J connectivity index is 1.83. The second-order valence-corrected chi connectivity index (χ2v) is 8.19. The van der Waals surface area contributed by atoms with E-state index in [1.165, 1.54) is 12.1 Å². The number of aliphatic hydroxyl groups is 1. The molecule has 2 aromatic rings. The number of rotatable bonds is 5. The van der Waals surface area contributed by atoms with Gasteiger partial charge in [-0.25, -0.2) is 0 Å². The third-order valence-corrected chi connectivity index (χ3v) is 6.14. The van der Waals surface area contributed by atoms with Gasteiger partial charge in [0.05, 0.1) is 11.5 Å².